The number of hydrogen-bond acceptors (Lipinski definition) is 5. The highest BCUT2D eigenvalue weighted by molar-refractivity contribution is 7.17. The summed E-state index contributed by atoms with van der Waals surface area (Å²) in [5.41, 5.74) is 2.39. The molecule has 0 aliphatic carbocycles. The molecule has 4 nitrogen and oxygen atoms in total. The van der Waals surface area contributed by atoms with Gasteiger partial charge in [0.15, 0.2) is 0 Å². The molecule has 0 amide bonds. The van der Waals surface area contributed by atoms with Gasteiger partial charge in [0.05, 0.1) is 11.5 Å². The van der Waals surface area contributed by atoms with E-state index in [4.69, 9.17) is 0 Å². The first-order chi connectivity index (χ1) is 12.8. The Labute approximate surface area is 155 Å². The Morgan fingerprint density at radius 3 is 2.65 bits per heavy atom. The van der Waals surface area contributed by atoms with Crippen molar-refractivity contribution in [2.24, 2.45) is 0 Å². The van der Waals surface area contributed by atoms with Gasteiger partial charge in [0.1, 0.15) is 17.0 Å². The number of nitrogens with zero attached hydrogens (tertiary/aromatic N) is 3. The lowest BCUT2D eigenvalue weighted by atomic mass is 10.0. The summed E-state index contributed by atoms with van der Waals surface area (Å²) < 4.78 is 0. The first kappa shape index (κ1) is 15.7. The predicted molar refractivity (Wildman–Crippen MR) is 108 cm³/mol. The van der Waals surface area contributed by atoms with Crippen LogP contribution in [0, 0.1) is 0 Å². The molecule has 1 aliphatic rings. The maximum absolute atomic E-state index is 9.82. The number of thiophene rings is 1. The van der Waals surface area contributed by atoms with Crippen LogP contribution in [-0.4, -0.2) is 34.3 Å². The van der Waals surface area contributed by atoms with Gasteiger partial charge < -0.3 is 10.0 Å². The Hall–Kier alpha value is -2.50. The lowest BCUT2D eigenvalue weighted by Gasteiger charge is -2.31. The van der Waals surface area contributed by atoms with E-state index in [2.05, 4.69) is 62.7 Å². The lowest BCUT2D eigenvalue weighted by molar-refractivity contribution is 0.145. The molecule has 0 spiro atoms. The summed E-state index contributed by atoms with van der Waals surface area (Å²) in [6, 6.07) is 15.0. The molecule has 1 saturated heterocycles. The highest BCUT2D eigenvalue weighted by Gasteiger charge is 2.22. The molecule has 5 heteroatoms. The Bertz CT molecular complexity index is 1080. The van der Waals surface area contributed by atoms with Crippen LogP contribution in [0.25, 0.3) is 32.1 Å². The maximum Gasteiger partial charge on any atom is 0.141 e. The van der Waals surface area contributed by atoms with Crippen LogP contribution in [0.3, 0.4) is 0 Å². The third kappa shape index (κ3) is 2.64. The summed E-state index contributed by atoms with van der Waals surface area (Å²) in [4.78, 5) is 12.4. The second-order valence-corrected chi connectivity index (χ2v) is 7.67. The van der Waals surface area contributed by atoms with Crippen LogP contribution in [0.4, 0.5) is 5.82 Å². The molecule has 2 aromatic carbocycles. The van der Waals surface area contributed by atoms with E-state index in [9.17, 15) is 5.11 Å². The molecule has 0 saturated carbocycles. The first-order valence-electron chi connectivity index (χ1n) is 8.94. The van der Waals surface area contributed by atoms with Crippen LogP contribution in [0.5, 0.6) is 0 Å². The zero-order valence-corrected chi connectivity index (χ0v) is 15.1. The molecule has 1 aliphatic heterocycles. The number of fused-ring (bicyclic) bond motifs is 2. The van der Waals surface area contributed by atoms with Gasteiger partial charge >= 0.3 is 0 Å². The summed E-state index contributed by atoms with van der Waals surface area (Å²) in [7, 11) is 0. The minimum Gasteiger partial charge on any atom is -0.393 e. The molecule has 3 heterocycles. The van der Waals surface area contributed by atoms with Crippen molar-refractivity contribution < 1.29 is 5.11 Å². The Morgan fingerprint density at radius 2 is 1.81 bits per heavy atom. The number of benzene rings is 2. The van der Waals surface area contributed by atoms with Crippen LogP contribution in [-0.2, 0) is 0 Å². The van der Waals surface area contributed by atoms with E-state index in [-0.39, 0.29) is 6.10 Å². The van der Waals surface area contributed by atoms with Crippen molar-refractivity contribution in [3.63, 3.8) is 0 Å². The van der Waals surface area contributed by atoms with E-state index in [0.29, 0.717) is 0 Å². The fraction of sp³-hybridized carbons (Fsp3) is 0.238. The summed E-state index contributed by atoms with van der Waals surface area (Å²) >= 11 is 1.67. The fourth-order valence-corrected chi connectivity index (χ4v) is 4.66. The molecule has 2 aromatic heterocycles. The summed E-state index contributed by atoms with van der Waals surface area (Å²) in [6.45, 7) is 1.67. The SMILES string of the molecule is OC1CCN(c2ncnc3scc(-c4ccc5ccccc5c4)c23)CC1. The normalized spacial score (nSPS) is 15.8. The van der Waals surface area contributed by atoms with Crippen LogP contribution < -0.4 is 4.90 Å². The van der Waals surface area contributed by atoms with Crippen molar-refractivity contribution >= 4 is 38.1 Å². The Morgan fingerprint density at radius 1 is 1.00 bits per heavy atom. The van der Waals surface area contributed by atoms with Crippen molar-refractivity contribution in [2.75, 3.05) is 18.0 Å². The number of anilines is 1. The van der Waals surface area contributed by atoms with E-state index < -0.39 is 0 Å². The fourth-order valence-electron chi connectivity index (χ4n) is 3.75. The van der Waals surface area contributed by atoms with Crippen LogP contribution >= 0.6 is 11.3 Å². The predicted octanol–water partition coefficient (Wildman–Crippen LogP) is 4.47. The number of piperidine rings is 1. The molecule has 1 N–H and O–H groups in total. The van der Waals surface area contributed by atoms with E-state index in [1.54, 1.807) is 17.7 Å². The van der Waals surface area contributed by atoms with E-state index in [1.807, 2.05) is 0 Å². The van der Waals surface area contributed by atoms with Crippen LogP contribution in [0.1, 0.15) is 12.8 Å². The summed E-state index contributed by atoms with van der Waals surface area (Å²) in [5, 5.41) is 15.6. The number of aliphatic hydroxyl groups excluding tert-OH is 1. The van der Waals surface area contributed by atoms with Crippen molar-refractivity contribution in [1.29, 1.82) is 0 Å². The highest BCUT2D eigenvalue weighted by atomic mass is 32.1. The van der Waals surface area contributed by atoms with Gasteiger partial charge in [-0.3, -0.25) is 0 Å². The average Bonchev–Trinajstić information content (AvgIpc) is 3.12. The number of hydrogen-bond donors (Lipinski definition) is 1. The second kappa shape index (κ2) is 6.34. The van der Waals surface area contributed by atoms with Gasteiger partial charge in [-0.2, -0.15) is 0 Å². The third-order valence-corrected chi connectivity index (χ3v) is 6.06. The molecule has 0 bridgehead atoms. The quantitative estimate of drug-likeness (QED) is 0.572. The smallest absolute Gasteiger partial charge is 0.141 e. The van der Waals surface area contributed by atoms with Gasteiger partial charge in [-0.25, -0.2) is 9.97 Å². The van der Waals surface area contributed by atoms with E-state index in [0.717, 1.165) is 42.0 Å². The lowest BCUT2D eigenvalue weighted by Crippen LogP contribution is -2.36. The summed E-state index contributed by atoms with van der Waals surface area (Å²) in [6.07, 6.45) is 3.05. The molecule has 26 heavy (non-hydrogen) atoms. The van der Waals surface area contributed by atoms with Crippen molar-refractivity contribution in [3.05, 3.63) is 54.2 Å². The molecule has 1 fully saturated rings. The Balaban J connectivity index is 1.65. The van der Waals surface area contributed by atoms with Crippen LogP contribution in [0.15, 0.2) is 54.2 Å². The third-order valence-electron chi connectivity index (χ3n) is 5.17. The molecule has 5 rings (SSSR count). The molecule has 0 radical (unpaired) electrons. The van der Waals surface area contributed by atoms with Gasteiger partial charge in [0, 0.05) is 24.0 Å². The van der Waals surface area contributed by atoms with E-state index >= 15 is 0 Å². The minimum atomic E-state index is -0.189. The monoisotopic (exact) mass is 361 g/mol. The highest BCUT2D eigenvalue weighted by Crippen LogP contribution is 2.39. The summed E-state index contributed by atoms with van der Waals surface area (Å²) in [5.74, 6) is 0.992. The number of aliphatic hydroxyl groups is 1. The molecule has 0 atom stereocenters. The number of rotatable bonds is 2. The zero-order chi connectivity index (χ0) is 17.5. The molecular weight excluding hydrogens is 342 g/mol. The minimum absolute atomic E-state index is 0.189. The Kier molecular flexibility index (Phi) is 3.84. The van der Waals surface area contributed by atoms with Crippen molar-refractivity contribution in [3.8, 4) is 11.1 Å². The first-order valence-corrected chi connectivity index (χ1v) is 9.82. The van der Waals surface area contributed by atoms with Gasteiger partial charge in [-0.15, -0.1) is 11.3 Å². The molecule has 130 valence electrons. The van der Waals surface area contributed by atoms with Crippen molar-refractivity contribution in [2.45, 2.75) is 18.9 Å². The molecular formula is C21H19N3OS. The van der Waals surface area contributed by atoms with Crippen molar-refractivity contribution in [1.82, 2.24) is 9.97 Å². The second-order valence-electron chi connectivity index (χ2n) is 6.81. The van der Waals surface area contributed by atoms with E-state index in [1.165, 1.54) is 21.9 Å². The molecule has 0 unspecified atom stereocenters. The van der Waals surface area contributed by atoms with Crippen LogP contribution in [0.2, 0.25) is 0 Å². The standard InChI is InChI=1S/C21H19N3OS/c25-17-7-9-24(10-8-17)20-19-18(12-26-21(19)23-13-22-20)16-6-5-14-3-1-2-4-15(14)11-16/h1-6,11-13,17,25H,7-10H2. The topological polar surface area (TPSA) is 49.2 Å². The van der Waals surface area contributed by atoms with Gasteiger partial charge in [0.2, 0.25) is 0 Å². The maximum atomic E-state index is 9.82. The zero-order valence-electron chi connectivity index (χ0n) is 14.3. The molecule has 4 aromatic rings. The van der Waals surface area contributed by atoms with Gasteiger partial charge in [-0.05, 0) is 35.2 Å². The van der Waals surface area contributed by atoms with Gasteiger partial charge in [-0.1, -0.05) is 36.4 Å². The largest absolute Gasteiger partial charge is 0.393 e. The van der Waals surface area contributed by atoms with Gasteiger partial charge in [0.25, 0.3) is 0 Å². The number of aromatic nitrogens is 2. The average molecular weight is 361 g/mol.